The second kappa shape index (κ2) is 12.6. The second-order valence-electron chi connectivity index (χ2n) is 10.0. The van der Waals surface area contributed by atoms with Gasteiger partial charge in [-0.2, -0.15) is 9.97 Å². The lowest BCUT2D eigenvalue weighted by atomic mass is 9.96. The predicted octanol–water partition coefficient (Wildman–Crippen LogP) is 3.27. The number of hydrogen-bond donors (Lipinski definition) is 2. The van der Waals surface area contributed by atoms with Crippen molar-refractivity contribution in [2.75, 3.05) is 44.5 Å². The summed E-state index contributed by atoms with van der Waals surface area (Å²) in [4.78, 5) is 35.7. The molecule has 2 aliphatic rings. The maximum atomic E-state index is 13.3. The summed E-state index contributed by atoms with van der Waals surface area (Å²) in [5, 5.41) is 2.37. The normalized spacial score (nSPS) is 27.9. The molecular weight excluding hydrogens is 603 g/mol. The number of fused-ring (bicyclic) bond motifs is 2. The standard InChI is InChI=1S/C23H34ClN6O9PS/c1-6-34-17-14-16(28-20(25)29-17)30(12-27-14)18-23(5,24)15-13(38-18)10-37-40(33,39-15)36-8-9-41-19(31)22(3,4)11-26-21(32)35-7-2/h12-13,15,18H,6-11H2,1-5H3,(H,26,32)(H2,25,28,29)/t13-,15-,18-,23-,40?/m1/s1. The number of phosphoric acid groups is 1. The van der Waals surface area contributed by atoms with E-state index in [4.69, 9.17) is 45.1 Å². The van der Waals surface area contributed by atoms with Gasteiger partial charge in [0, 0.05) is 12.3 Å². The molecule has 15 nitrogen and oxygen atoms in total. The van der Waals surface area contributed by atoms with E-state index in [1.807, 2.05) is 6.92 Å². The van der Waals surface area contributed by atoms with Crippen LogP contribution in [0.1, 0.15) is 40.8 Å². The van der Waals surface area contributed by atoms with Crippen LogP contribution in [0.5, 0.6) is 5.88 Å². The van der Waals surface area contributed by atoms with Crippen molar-refractivity contribution in [2.24, 2.45) is 5.41 Å². The molecular formula is C23H34ClN6O9PS. The zero-order valence-corrected chi connectivity index (χ0v) is 25.8. The van der Waals surface area contributed by atoms with Gasteiger partial charge in [-0.05, 0) is 20.8 Å². The highest BCUT2D eigenvalue weighted by molar-refractivity contribution is 8.13. The third-order valence-corrected chi connectivity index (χ3v) is 9.37. The minimum atomic E-state index is -4.03. The Morgan fingerprint density at radius 2 is 2.10 bits per heavy atom. The van der Waals surface area contributed by atoms with Crippen LogP contribution in [0.2, 0.25) is 0 Å². The van der Waals surface area contributed by atoms with Crippen LogP contribution in [0.3, 0.4) is 0 Å². The van der Waals surface area contributed by atoms with Crippen molar-refractivity contribution >= 4 is 59.5 Å². The minimum absolute atomic E-state index is 0.0122. The number of imidazole rings is 1. The fourth-order valence-electron chi connectivity index (χ4n) is 4.25. The van der Waals surface area contributed by atoms with Gasteiger partial charge in [0.2, 0.25) is 11.8 Å². The molecule has 5 atom stereocenters. The number of rotatable bonds is 11. The summed E-state index contributed by atoms with van der Waals surface area (Å²) in [6.45, 7) is 9.05. The van der Waals surface area contributed by atoms with E-state index in [-0.39, 0.29) is 49.1 Å². The van der Waals surface area contributed by atoms with Gasteiger partial charge in [0.05, 0.1) is 38.2 Å². The van der Waals surface area contributed by atoms with E-state index in [0.29, 0.717) is 17.8 Å². The molecule has 3 N–H and O–H groups in total. The molecule has 228 valence electrons. The fourth-order valence-corrected chi connectivity index (χ4v) is 7.07. The molecule has 0 saturated carbocycles. The number of amides is 1. The lowest BCUT2D eigenvalue weighted by molar-refractivity contribution is -0.117. The zero-order valence-electron chi connectivity index (χ0n) is 23.3. The molecule has 2 aromatic heterocycles. The summed E-state index contributed by atoms with van der Waals surface area (Å²) in [6, 6.07) is 0. The number of carbonyl (C=O) groups is 2. The maximum Gasteiger partial charge on any atom is 0.475 e. The van der Waals surface area contributed by atoms with Crippen molar-refractivity contribution in [2.45, 2.75) is 57.9 Å². The number of nitrogens with two attached hydrogens (primary N) is 1. The molecule has 4 heterocycles. The van der Waals surface area contributed by atoms with E-state index < -0.39 is 42.6 Å². The molecule has 2 saturated heterocycles. The highest BCUT2D eigenvalue weighted by Gasteiger charge is 2.60. The van der Waals surface area contributed by atoms with Gasteiger partial charge in [-0.15, -0.1) is 11.6 Å². The molecule has 0 aliphatic carbocycles. The van der Waals surface area contributed by atoms with Crippen LogP contribution in [0.15, 0.2) is 6.33 Å². The summed E-state index contributed by atoms with van der Waals surface area (Å²) < 4.78 is 48.1. The first kappa shape index (κ1) is 31.7. The Morgan fingerprint density at radius 3 is 2.80 bits per heavy atom. The van der Waals surface area contributed by atoms with Gasteiger partial charge in [-0.25, -0.2) is 14.3 Å². The van der Waals surface area contributed by atoms with Gasteiger partial charge in [0.1, 0.15) is 17.1 Å². The van der Waals surface area contributed by atoms with E-state index in [2.05, 4.69) is 20.3 Å². The van der Waals surface area contributed by atoms with Crippen molar-refractivity contribution < 1.29 is 41.9 Å². The molecule has 4 rings (SSSR count). The average molecular weight is 637 g/mol. The monoisotopic (exact) mass is 636 g/mol. The number of nitrogens with zero attached hydrogens (tertiary/aromatic N) is 4. The number of halogens is 1. The minimum Gasteiger partial charge on any atom is -0.476 e. The van der Waals surface area contributed by atoms with Gasteiger partial charge in [-0.1, -0.05) is 25.6 Å². The van der Waals surface area contributed by atoms with Gasteiger partial charge in [0.15, 0.2) is 22.5 Å². The van der Waals surface area contributed by atoms with Gasteiger partial charge in [0.25, 0.3) is 0 Å². The quantitative estimate of drug-likeness (QED) is 0.208. The summed E-state index contributed by atoms with van der Waals surface area (Å²) in [5.41, 5.74) is 5.75. The number of hydrogen-bond acceptors (Lipinski definition) is 14. The SMILES string of the molecule is CCOC(=O)NCC(C)(C)C(=O)SCCOP1(=O)OC[C@H]2O[C@@H](n3cnc4c(OCC)nc(N)nc43)[C@](C)(Cl)[C@@H]2O1. The Morgan fingerprint density at radius 1 is 1.34 bits per heavy atom. The van der Waals surface area contributed by atoms with E-state index in [0.717, 1.165) is 11.8 Å². The van der Waals surface area contributed by atoms with E-state index >= 15 is 0 Å². The number of nitrogens with one attached hydrogen (secondary N) is 1. The first-order chi connectivity index (χ1) is 19.3. The number of alkyl carbamates (subject to hydrolysis) is 1. The van der Waals surface area contributed by atoms with Crippen LogP contribution >= 0.6 is 31.2 Å². The molecule has 18 heteroatoms. The number of ether oxygens (including phenoxy) is 3. The van der Waals surface area contributed by atoms with Gasteiger partial charge in [-0.3, -0.25) is 22.9 Å². The predicted molar refractivity (Wildman–Crippen MR) is 150 cm³/mol. The largest absolute Gasteiger partial charge is 0.476 e. The molecule has 0 aromatic carbocycles. The Hall–Kier alpha value is -2.20. The Bertz CT molecular complexity index is 1330. The summed E-state index contributed by atoms with van der Waals surface area (Å²) >= 11 is 7.95. The van der Waals surface area contributed by atoms with Crippen LogP contribution in [-0.4, -0.2) is 86.5 Å². The summed E-state index contributed by atoms with van der Waals surface area (Å²) in [7, 11) is -4.03. The number of carbonyl (C=O) groups excluding carboxylic acids is 2. The zero-order chi connectivity index (χ0) is 30.0. The van der Waals surface area contributed by atoms with E-state index in [9.17, 15) is 14.2 Å². The molecule has 0 radical (unpaired) electrons. The van der Waals surface area contributed by atoms with Crippen LogP contribution in [0, 0.1) is 5.41 Å². The first-order valence-electron chi connectivity index (χ1n) is 12.9. The molecule has 2 aromatic rings. The van der Waals surface area contributed by atoms with Gasteiger partial charge >= 0.3 is 13.9 Å². The molecule has 2 fully saturated rings. The van der Waals surface area contributed by atoms with E-state index in [1.54, 1.807) is 32.3 Å². The van der Waals surface area contributed by atoms with Crippen molar-refractivity contribution in [1.29, 1.82) is 0 Å². The Balaban J connectivity index is 1.36. The average Bonchev–Trinajstić information content (AvgIpc) is 3.43. The molecule has 41 heavy (non-hydrogen) atoms. The highest BCUT2D eigenvalue weighted by Crippen LogP contribution is 2.60. The lowest BCUT2D eigenvalue weighted by Crippen LogP contribution is -2.44. The van der Waals surface area contributed by atoms with Crippen molar-refractivity contribution in [3.05, 3.63) is 6.33 Å². The topological polar surface area (TPSA) is 188 Å². The van der Waals surface area contributed by atoms with Crippen molar-refractivity contribution in [3.63, 3.8) is 0 Å². The molecule has 2 aliphatic heterocycles. The summed E-state index contributed by atoms with van der Waals surface area (Å²) in [5.74, 6) is 0.392. The smallest absolute Gasteiger partial charge is 0.475 e. The maximum absolute atomic E-state index is 13.3. The molecule has 0 bridgehead atoms. The molecule has 0 spiro atoms. The van der Waals surface area contributed by atoms with Crippen LogP contribution in [0.4, 0.5) is 10.7 Å². The molecule has 1 amide bonds. The van der Waals surface area contributed by atoms with Crippen LogP contribution < -0.4 is 15.8 Å². The second-order valence-corrected chi connectivity index (χ2v) is 13.5. The lowest BCUT2D eigenvalue weighted by Gasteiger charge is -2.34. The summed E-state index contributed by atoms with van der Waals surface area (Å²) in [6.07, 6.45) is -1.50. The number of nitrogen functional groups attached to an aromatic ring is 1. The Labute approximate surface area is 246 Å². The van der Waals surface area contributed by atoms with Crippen molar-refractivity contribution in [1.82, 2.24) is 24.8 Å². The number of aromatic nitrogens is 4. The third kappa shape index (κ3) is 6.90. The number of alkyl halides is 1. The first-order valence-corrected chi connectivity index (χ1v) is 15.8. The number of thioether (sulfide) groups is 1. The number of phosphoric ester groups is 1. The molecule has 1 unspecified atom stereocenters. The van der Waals surface area contributed by atoms with Crippen LogP contribution in [0.25, 0.3) is 11.2 Å². The highest BCUT2D eigenvalue weighted by atomic mass is 35.5. The van der Waals surface area contributed by atoms with Crippen LogP contribution in [-0.2, 0) is 32.4 Å². The van der Waals surface area contributed by atoms with Crippen molar-refractivity contribution in [3.8, 4) is 5.88 Å². The van der Waals surface area contributed by atoms with E-state index in [1.165, 1.54) is 6.33 Å². The number of anilines is 1. The fraction of sp³-hybridized carbons (Fsp3) is 0.696. The Kier molecular flexibility index (Phi) is 9.73. The third-order valence-electron chi connectivity index (χ3n) is 6.33. The van der Waals surface area contributed by atoms with Gasteiger partial charge < -0.3 is 25.3 Å².